The van der Waals surface area contributed by atoms with Crippen LogP contribution in [0.1, 0.15) is 33.3 Å². The van der Waals surface area contributed by atoms with Crippen molar-refractivity contribution in [1.29, 1.82) is 0 Å². The highest BCUT2D eigenvalue weighted by Crippen LogP contribution is 2.26. The number of carbonyl (C=O) groups is 1. The molecule has 0 radical (unpaired) electrons. The fourth-order valence-electron chi connectivity index (χ4n) is 3.49. The fraction of sp³-hybridized carbons (Fsp3) is 0.286. The van der Waals surface area contributed by atoms with E-state index in [2.05, 4.69) is 34.8 Å². The smallest absolute Gasteiger partial charge is 0.254 e. The number of aromatic nitrogens is 1. The Kier molecular flexibility index (Phi) is 4.59. The molecule has 1 N–H and O–H groups in total. The first kappa shape index (κ1) is 17.3. The molecule has 0 spiro atoms. The lowest BCUT2D eigenvalue weighted by molar-refractivity contribution is -0.0228. The van der Waals surface area contributed by atoms with Crippen LogP contribution >= 0.6 is 15.9 Å². The van der Waals surface area contributed by atoms with Crippen LogP contribution < -0.4 is 0 Å². The van der Waals surface area contributed by atoms with Crippen LogP contribution in [0.5, 0.6) is 0 Å². The highest BCUT2D eigenvalue weighted by Gasteiger charge is 2.26. The van der Waals surface area contributed by atoms with E-state index in [1.165, 1.54) is 5.56 Å². The van der Waals surface area contributed by atoms with Gasteiger partial charge in [-0.25, -0.2) is 0 Å². The second-order valence-corrected chi connectivity index (χ2v) is 7.71. The van der Waals surface area contributed by atoms with Crippen LogP contribution in [-0.4, -0.2) is 35.5 Å². The predicted octanol–water partition coefficient (Wildman–Crippen LogP) is 4.76. The van der Waals surface area contributed by atoms with E-state index in [4.69, 9.17) is 4.74 Å². The second kappa shape index (κ2) is 6.89. The topological polar surface area (TPSA) is 45.3 Å². The summed E-state index contributed by atoms with van der Waals surface area (Å²) in [7, 11) is 0. The monoisotopic (exact) mass is 412 g/mol. The third-order valence-electron chi connectivity index (χ3n) is 5.15. The van der Waals surface area contributed by atoms with Gasteiger partial charge in [0.1, 0.15) is 6.10 Å². The van der Waals surface area contributed by atoms with Gasteiger partial charge in [0.05, 0.1) is 13.2 Å². The molecule has 4 rings (SSSR count). The highest BCUT2D eigenvalue weighted by molar-refractivity contribution is 9.10. The molecule has 0 saturated carbocycles. The molecule has 1 aromatic heterocycles. The largest absolute Gasteiger partial charge is 0.370 e. The molecule has 0 aliphatic carbocycles. The lowest BCUT2D eigenvalue weighted by atomic mass is 10.1. The van der Waals surface area contributed by atoms with Crippen LogP contribution in [0, 0.1) is 13.8 Å². The van der Waals surface area contributed by atoms with Crippen molar-refractivity contribution in [2.45, 2.75) is 20.0 Å². The molecule has 134 valence electrons. The maximum absolute atomic E-state index is 13.0. The Balaban J connectivity index is 1.57. The Bertz CT molecular complexity index is 962. The summed E-state index contributed by atoms with van der Waals surface area (Å²) < 4.78 is 6.94. The minimum Gasteiger partial charge on any atom is -0.370 e. The number of halogens is 1. The van der Waals surface area contributed by atoms with E-state index in [1.54, 1.807) is 0 Å². The van der Waals surface area contributed by atoms with Crippen LogP contribution in [0.25, 0.3) is 10.9 Å². The molecule has 5 heteroatoms. The third kappa shape index (κ3) is 3.17. The van der Waals surface area contributed by atoms with E-state index in [0.29, 0.717) is 19.7 Å². The lowest BCUT2D eigenvalue weighted by Crippen LogP contribution is -2.42. The van der Waals surface area contributed by atoms with Gasteiger partial charge in [0, 0.05) is 33.2 Å². The van der Waals surface area contributed by atoms with Gasteiger partial charge in [0.2, 0.25) is 0 Å². The van der Waals surface area contributed by atoms with Gasteiger partial charge in [-0.05, 0) is 55.3 Å². The zero-order chi connectivity index (χ0) is 18.3. The quantitative estimate of drug-likeness (QED) is 0.659. The first-order valence-electron chi connectivity index (χ1n) is 8.78. The van der Waals surface area contributed by atoms with E-state index >= 15 is 0 Å². The van der Waals surface area contributed by atoms with Crippen molar-refractivity contribution in [2.24, 2.45) is 0 Å². The number of aromatic amines is 1. The van der Waals surface area contributed by atoms with E-state index < -0.39 is 0 Å². The number of nitrogens with one attached hydrogen (secondary N) is 1. The van der Waals surface area contributed by atoms with Gasteiger partial charge < -0.3 is 14.6 Å². The lowest BCUT2D eigenvalue weighted by Gasteiger charge is -2.33. The standard InChI is InChI=1S/C21H21BrN2O2/c1-13-14(2)23-19-8-5-16(11-18(13)19)21(25)24-9-10-26-20(12-24)15-3-6-17(22)7-4-15/h3-8,11,20,23H,9-10,12H2,1-2H3/t20-/m0/s1. The molecule has 1 amide bonds. The summed E-state index contributed by atoms with van der Waals surface area (Å²) >= 11 is 3.45. The van der Waals surface area contributed by atoms with E-state index in [-0.39, 0.29) is 12.0 Å². The van der Waals surface area contributed by atoms with Crippen LogP contribution in [0.4, 0.5) is 0 Å². The van der Waals surface area contributed by atoms with E-state index in [1.807, 2.05) is 47.4 Å². The summed E-state index contributed by atoms with van der Waals surface area (Å²) in [6, 6.07) is 14.0. The summed E-state index contributed by atoms with van der Waals surface area (Å²) in [5, 5.41) is 1.12. The Morgan fingerprint density at radius 2 is 1.96 bits per heavy atom. The molecule has 1 atom stereocenters. The highest BCUT2D eigenvalue weighted by atomic mass is 79.9. The van der Waals surface area contributed by atoms with Gasteiger partial charge in [0.15, 0.2) is 0 Å². The number of H-pyrrole nitrogens is 1. The van der Waals surface area contributed by atoms with Gasteiger partial charge in [0.25, 0.3) is 5.91 Å². The number of aryl methyl sites for hydroxylation is 2. The molecule has 1 aliphatic heterocycles. The molecule has 1 aliphatic rings. The molecule has 2 aromatic carbocycles. The van der Waals surface area contributed by atoms with E-state index in [0.717, 1.165) is 32.2 Å². The number of nitrogens with zero attached hydrogens (tertiary/aromatic N) is 1. The molecule has 1 fully saturated rings. The molecular formula is C21H21BrN2O2. The van der Waals surface area contributed by atoms with Gasteiger partial charge in [-0.3, -0.25) is 4.79 Å². The number of benzene rings is 2. The summed E-state index contributed by atoms with van der Waals surface area (Å²) in [6.07, 6.45) is -0.0826. The van der Waals surface area contributed by atoms with Crippen LogP contribution in [0.3, 0.4) is 0 Å². The van der Waals surface area contributed by atoms with Gasteiger partial charge in [-0.15, -0.1) is 0 Å². The Morgan fingerprint density at radius 3 is 2.73 bits per heavy atom. The molecule has 1 saturated heterocycles. The molecule has 4 nitrogen and oxygen atoms in total. The maximum Gasteiger partial charge on any atom is 0.254 e. The van der Waals surface area contributed by atoms with Crippen molar-refractivity contribution in [2.75, 3.05) is 19.7 Å². The van der Waals surface area contributed by atoms with Gasteiger partial charge in [-0.1, -0.05) is 28.1 Å². The fourth-order valence-corrected chi connectivity index (χ4v) is 3.75. The molecule has 0 unspecified atom stereocenters. The Labute approximate surface area is 161 Å². The minimum absolute atomic E-state index is 0.0653. The van der Waals surface area contributed by atoms with Crippen molar-refractivity contribution < 1.29 is 9.53 Å². The zero-order valence-corrected chi connectivity index (χ0v) is 16.5. The maximum atomic E-state index is 13.0. The predicted molar refractivity (Wildman–Crippen MR) is 107 cm³/mol. The number of carbonyl (C=O) groups excluding carboxylic acids is 1. The van der Waals surface area contributed by atoms with Crippen molar-refractivity contribution in [3.63, 3.8) is 0 Å². The van der Waals surface area contributed by atoms with E-state index in [9.17, 15) is 4.79 Å². The van der Waals surface area contributed by atoms with Crippen LogP contribution in [0.15, 0.2) is 46.9 Å². The normalized spacial score (nSPS) is 17.7. The molecular weight excluding hydrogens is 392 g/mol. The molecule has 0 bridgehead atoms. The van der Waals surface area contributed by atoms with Gasteiger partial charge in [-0.2, -0.15) is 0 Å². The number of hydrogen-bond donors (Lipinski definition) is 1. The molecule has 26 heavy (non-hydrogen) atoms. The van der Waals surface area contributed by atoms with Gasteiger partial charge >= 0.3 is 0 Å². The molecule has 2 heterocycles. The number of morpholine rings is 1. The second-order valence-electron chi connectivity index (χ2n) is 6.80. The number of fused-ring (bicyclic) bond motifs is 1. The molecule has 3 aromatic rings. The third-order valence-corrected chi connectivity index (χ3v) is 5.68. The number of hydrogen-bond acceptors (Lipinski definition) is 2. The first-order valence-corrected chi connectivity index (χ1v) is 9.57. The average Bonchev–Trinajstić information content (AvgIpc) is 2.95. The van der Waals surface area contributed by atoms with Crippen molar-refractivity contribution in [3.8, 4) is 0 Å². The SMILES string of the molecule is Cc1[nH]c2ccc(C(=O)N3CCO[C@H](c4ccc(Br)cc4)C3)cc2c1C. The summed E-state index contributed by atoms with van der Waals surface area (Å²) in [5.41, 5.74) is 5.25. The average molecular weight is 413 g/mol. The summed E-state index contributed by atoms with van der Waals surface area (Å²) in [5.74, 6) is 0.0653. The summed E-state index contributed by atoms with van der Waals surface area (Å²) in [6.45, 7) is 5.89. The summed E-state index contributed by atoms with van der Waals surface area (Å²) in [4.78, 5) is 18.3. The number of amides is 1. The van der Waals surface area contributed by atoms with Crippen LogP contribution in [0.2, 0.25) is 0 Å². The van der Waals surface area contributed by atoms with Crippen molar-refractivity contribution in [1.82, 2.24) is 9.88 Å². The number of rotatable bonds is 2. The Hall–Kier alpha value is -2.11. The minimum atomic E-state index is -0.0826. The first-order chi connectivity index (χ1) is 12.5. The number of ether oxygens (including phenoxy) is 1. The Morgan fingerprint density at radius 1 is 1.19 bits per heavy atom. The van der Waals surface area contributed by atoms with Crippen molar-refractivity contribution >= 4 is 32.7 Å². The van der Waals surface area contributed by atoms with Crippen molar-refractivity contribution in [3.05, 3.63) is 69.3 Å². The van der Waals surface area contributed by atoms with Crippen LogP contribution in [-0.2, 0) is 4.74 Å². The zero-order valence-electron chi connectivity index (χ0n) is 14.9.